The van der Waals surface area contributed by atoms with Gasteiger partial charge in [-0.25, -0.2) is 4.39 Å². The quantitative estimate of drug-likeness (QED) is 0.775. The van der Waals surface area contributed by atoms with Gasteiger partial charge in [-0.1, -0.05) is 29.8 Å². The minimum Gasteiger partial charge on any atom is -0.489 e. The van der Waals surface area contributed by atoms with Gasteiger partial charge in [-0.15, -0.1) is 0 Å². The molecule has 0 atom stereocenters. The first-order valence-corrected chi connectivity index (χ1v) is 6.77. The number of hydrogen-bond donors (Lipinski definition) is 1. The van der Waals surface area contributed by atoms with Crippen LogP contribution in [0.25, 0.3) is 0 Å². The van der Waals surface area contributed by atoms with E-state index in [1.807, 2.05) is 0 Å². The smallest absolute Gasteiger partial charge is 0.165 e. The van der Waals surface area contributed by atoms with Gasteiger partial charge in [-0.05, 0) is 31.0 Å². The number of nitrogens with one attached hydrogen (secondary N) is 1. The summed E-state index contributed by atoms with van der Waals surface area (Å²) < 4.78 is 19.5. The molecular weight excluding hydrogens is 285 g/mol. The van der Waals surface area contributed by atoms with Crippen LogP contribution in [0, 0.1) is 5.82 Å². The summed E-state index contributed by atoms with van der Waals surface area (Å²) in [6, 6.07) is 5.22. The molecule has 0 spiro atoms. The standard InChI is InChI=1S/C13H19BrFNO/c1-3-11(4-2)16-7-8-17-13-9-10(14)5-6-12(13)15/h5-6,9,11,16H,3-4,7-8H2,1-2H3. The summed E-state index contributed by atoms with van der Waals surface area (Å²) in [6.07, 6.45) is 2.20. The number of ether oxygens (including phenoxy) is 1. The Kier molecular flexibility index (Phi) is 6.52. The Labute approximate surface area is 111 Å². The molecule has 0 heterocycles. The molecule has 2 nitrogen and oxygen atoms in total. The average Bonchev–Trinajstić information content (AvgIpc) is 2.33. The summed E-state index contributed by atoms with van der Waals surface area (Å²) in [4.78, 5) is 0. The van der Waals surface area contributed by atoms with Gasteiger partial charge in [0.05, 0.1) is 0 Å². The second-order valence-electron chi connectivity index (χ2n) is 3.89. The van der Waals surface area contributed by atoms with Gasteiger partial charge in [-0.3, -0.25) is 0 Å². The number of rotatable bonds is 7. The fourth-order valence-corrected chi connectivity index (χ4v) is 1.93. The number of benzene rings is 1. The highest BCUT2D eigenvalue weighted by atomic mass is 79.9. The lowest BCUT2D eigenvalue weighted by atomic mass is 10.2. The predicted molar refractivity (Wildman–Crippen MR) is 72.0 cm³/mol. The minimum atomic E-state index is -0.323. The SMILES string of the molecule is CCC(CC)NCCOc1cc(Br)ccc1F. The topological polar surface area (TPSA) is 21.3 Å². The third-order valence-corrected chi connectivity index (χ3v) is 3.16. The van der Waals surface area contributed by atoms with Crippen LogP contribution in [-0.4, -0.2) is 19.2 Å². The molecule has 0 aliphatic heterocycles. The zero-order chi connectivity index (χ0) is 12.7. The molecule has 4 heteroatoms. The van der Waals surface area contributed by atoms with E-state index in [1.165, 1.54) is 6.07 Å². The molecule has 0 aliphatic rings. The lowest BCUT2D eigenvalue weighted by Crippen LogP contribution is -2.31. The molecule has 0 aromatic heterocycles. The van der Waals surface area contributed by atoms with Gasteiger partial charge in [0.15, 0.2) is 11.6 Å². The first kappa shape index (κ1) is 14.5. The maximum Gasteiger partial charge on any atom is 0.165 e. The Balaban J connectivity index is 2.33. The van der Waals surface area contributed by atoms with Crippen LogP contribution >= 0.6 is 15.9 Å². The molecule has 1 N–H and O–H groups in total. The molecule has 0 aliphatic carbocycles. The summed E-state index contributed by atoms with van der Waals surface area (Å²) in [5.74, 6) is -0.0264. The zero-order valence-electron chi connectivity index (χ0n) is 10.3. The second-order valence-corrected chi connectivity index (χ2v) is 4.81. The monoisotopic (exact) mass is 303 g/mol. The Hall–Kier alpha value is -0.610. The molecule has 0 radical (unpaired) electrons. The van der Waals surface area contributed by atoms with Gasteiger partial charge in [-0.2, -0.15) is 0 Å². The Morgan fingerprint density at radius 3 is 2.71 bits per heavy atom. The van der Waals surface area contributed by atoms with Gasteiger partial charge in [0.2, 0.25) is 0 Å². The maximum atomic E-state index is 13.3. The first-order valence-electron chi connectivity index (χ1n) is 5.98. The summed E-state index contributed by atoms with van der Waals surface area (Å²) in [5, 5.41) is 3.36. The van der Waals surface area contributed by atoms with Crippen molar-refractivity contribution >= 4 is 15.9 Å². The lowest BCUT2D eigenvalue weighted by molar-refractivity contribution is 0.289. The van der Waals surface area contributed by atoms with Crippen LogP contribution in [-0.2, 0) is 0 Å². The highest BCUT2D eigenvalue weighted by Gasteiger charge is 2.05. The van der Waals surface area contributed by atoms with Crippen LogP contribution < -0.4 is 10.1 Å². The van der Waals surface area contributed by atoms with Crippen LogP contribution in [0.15, 0.2) is 22.7 Å². The fraction of sp³-hybridized carbons (Fsp3) is 0.538. The molecule has 0 fully saturated rings. The van der Waals surface area contributed by atoms with Gasteiger partial charge >= 0.3 is 0 Å². The van der Waals surface area contributed by atoms with E-state index in [9.17, 15) is 4.39 Å². The Morgan fingerprint density at radius 2 is 2.06 bits per heavy atom. The van der Waals surface area contributed by atoms with E-state index >= 15 is 0 Å². The van der Waals surface area contributed by atoms with Crippen LogP contribution in [0.3, 0.4) is 0 Å². The van der Waals surface area contributed by atoms with E-state index in [1.54, 1.807) is 12.1 Å². The van der Waals surface area contributed by atoms with Crippen molar-refractivity contribution in [3.8, 4) is 5.75 Å². The van der Waals surface area contributed by atoms with Crippen molar-refractivity contribution in [2.24, 2.45) is 0 Å². The first-order chi connectivity index (χ1) is 8.17. The highest BCUT2D eigenvalue weighted by molar-refractivity contribution is 9.10. The lowest BCUT2D eigenvalue weighted by Gasteiger charge is -2.15. The predicted octanol–water partition coefficient (Wildman–Crippen LogP) is 3.75. The molecule has 0 amide bonds. The van der Waals surface area contributed by atoms with Crippen molar-refractivity contribution in [1.82, 2.24) is 5.32 Å². The van der Waals surface area contributed by atoms with Crippen LogP contribution in [0.1, 0.15) is 26.7 Å². The van der Waals surface area contributed by atoms with Crippen molar-refractivity contribution < 1.29 is 9.13 Å². The fourth-order valence-electron chi connectivity index (χ4n) is 1.59. The molecule has 1 aromatic carbocycles. The van der Waals surface area contributed by atoms with Gasteiger partial charge in [0.25, 0.3) is 0 Å². The molecule has 96 valence electrons. The van der Waals surface area contributed by atoms with Crippen LogP contribution in [0.5, 0.6) is 5.75 Å². The molecule has 0 unspecified atom stereocenters. The maximum absolute atomic E-state index is 13.3. The van der Waals surface area contributed by atoms with E-state index in [0.717, 1.165) is 23.9 Å². The normalized spacial score (nSPS) is 10.9. The molecule has 0 saturated heterocycles. The molecule has 1 rings (SSSR count). The molecule has 0 saturated carbocycles. The second kappa shape index (κ2) is 7.67. The number of halogens is 2. The van der Waals surface area contributed by atoms with Crippen molar-refractivity contribution in [3.05, 3.63) is 28.5 Å². The summed E-state index contributed by atoms with van der Waals surface area (Å²) >= 11 is 3.29. The van der Waals surface area contributed by atoms with Gasteiger partial charge in [0.1, 0.15) is 6.61 Å². The van der Waals surface area contributed by atoms with E-state index in [2.05, 4.69) is 35.1 Å². The highest BCUT2D eigenvalue weighted by Crippen LogP contribution is 2.21. The zero-order valence-corrected chi connectivity index (χ0v) is 11.9. The summed E-state index contributed by atoms with van der Waals surface area (Å²) in [7, 11) is 0. The van der Waals surface area contributed by atoms with Crippen molar-refractivity contribution in [2.45, 2.75) is 32.7 Å². The van der Waals surface area contributed by atoms with Crippen molar-refractivity contribution in [2.75, 3.05) is 13.2 Å². The van der Waals surface area contributed by atoms with Crippen molar-refractivity contribution in [1.29, 1.82) is 0 Å². The van der Waals surface area contributed by atoms with E-state index < -0.39 is 0 Å². The molecule has 0 bridgehead atoms. The average molecular weight is 304 g/mol. The summed E-state index contributed by atoms with van der Waals surface area (Å²) in [6.45, 7) is 5.51. The number of hydrogen-bond acceptors (Lipinski definition) is 2. The van der Waals surface area contributed by atoms with E-state index in [-0.39, 0.29) is 5.82 Å². The van der Waals surface area contributed by atoms with Gasteiger partial charge in [0, 0.05) is 17.1 Å². The van der Waals surface area contributed by atoms with E-state index in [0.29, 0.717) is 18.4 Å². The molecule has 1 aromatic rings. The largest absolute Gasteiger partial charge is 0.489 e. The third-order valence-electron chi connectivity index (χ3n) is 2.67. The summed E-state index contributed by atoms with van der Waals surface area (Å²) in [5.41, 5.74) is 0. The van der Waals surface area contributed by atoms with Crippen LogP contribution in [0.2, 0.25) is 0 Å². The Bertz CT molecular complexity index is 342. The minimum absolute atomic E-state index is 0.297. The van der Waals surface area contributed by atoms with Crippen molar-refractivity contribution in [3.63, 3.8) is 0 Å². The Morgan fingerprint density at radius 1 is 1.35 bits per heavy atom. The molecule has 17 heavy (non-hydrogen) atoms. The third kappa shape index (κ3) is 5.04. The molecular formula is C13H19BrFNO. The van der Waals surface area contributed by atoms with E-state index in [4.69, 9.17) is 4.74 Å². The van der Waals surface area contributed by atoms with Crippen LogP contribution in [0.4, 0.5) is 4.39 Å². The van der Waals surface area contributed by atoms with Gasteiger partial charge < -0.3 is 10.1 Å².